The molecule has 1 heterocycles. The lowest BCUT2D eigenvalue weighted by Gasteiger charge is -2.14. The van der Waals surface area contributed by atoms with E-state index < -0.39 is 43.2 Å². The number of rotatable bonds is 7. The number of carboxylic acids is 1. The number of benzene rings is 1. The Hall–Kier alpha value is -2.97. The number of amides is 2. The molecule has 0 spiro atoms. The zero-order valence-corrected chi connectivity index (χ0v) is 12.4. The van der Waals surface area contributed by atoms with Crippen molar-refractivity contribution in [2.45, 2.75) is 18.9 Å². The van der Waals surface area contributed by atoms with Gasteiger partial charge in [0.25, 0.3) is 5.91 Å². The normalized spacial score (nSPS) is 12.1. The first-order chi connectivity index (χ1) is 11.4. The molecule has 0 aliphatic heterocycles. The number of aromatic nitrogens is 1. The predicted octanol–water partition coefficient (Wildman–Crippen LogP) is 1.12. The number of carbonyl (C=O) groups excluding carboxylic acids is 2. The molecule has 9 heteroatoms. The van der Waals surface area contributed by atoms with Crippen molar-refractivity contribution in [1.82, 2.24) is 15.6 Å². The van der Waals surface area contributed by atoms with Crippen molar-refractivity contribution in [2.75, 3.05) is 6.54 Å². The third-order valence-electron chi connectivity index (χ3n) is 3.23. The topological polar surface area (TPSA) is 111 Å². The molecule has 24 heavy (non-hydrogen) atoms. The highest BCUT2D eigenvalue weighted by Crippen LogP contribution is 2.14. The first kappa shape index (κ1) is 17.4. The van der Waals surface area contributed by atoms with Gasteiger partial charge >= 0.3 is 5.97 Å². The van der Waals surface area contributed by atoms with Crippen LogP contribution in [0.5, 0.6) is 0 Å². The molecular formula is C15H15F2N3O4. The number of carboxylic acid groups (broad SMARTS) is 1. The number of nitrogens with one attached hydrogen (secondary N) is 3. The molecule has 1 atom stereocenters. The fourth-order valence-corrected chi connectivity index (χ4v) is 2.10. The van der Waals surface area contributed by atoms with Crippen LogP contribution in [0.25, 0.3) is 10.9 Å². The summed E-state index contributed by atoms with van der Waals surface area (Å²) in [5, 5.41) is 13.8. The molecule has 128 valence electrons. The molecule has 7 nitrogen and oxygen atoms in total. The SMILES string of the molecule is O=C(CNC(=O)c1cc2ccccc2[nH]1)NC(CC(F)F)C(=O)O. The maximum atomic E-state index is 12.2. The molecule has 2 aromatic rings. The third-order valence-corrected chi connectivity index (χ3v) is 3.23. The van der Waals surface area contributed by atoms with Gasteiger partial charge in [-0.15, -0.1) is 0 Å². The quantitative estimate of drug-likeness (QED) is 0.606. The number of carbonyl (C=O) groups is 3. The van der Waals surface area contributed by atoms with Crippen molar-refractivity contribution in [3.05, 3.63) is 36.0 Å². The number of halogens is 2. The molecule has 1 unspecified atom stereocenters. The number of aliphatic carboxylic acids is 1. The van der Waals surface area contributed by atoms with E-state index in [9.17, 15) is 23.2 Å². The average Bonchev–Trinajstić information content (AvgIpc) is 2.95. The van der Waals surface area contributed by atoms with Crippen molar-refractivity contribution in [3.8, 4) is 0 Å². The van der Waals surface area contributed by atoms with Crippen LogP contribution in [-0.2, 0) is 9.59 Å². The van der Waals surface area contributed by atoms with E-state index in [4.69, 9.17) is 5.11 Å². The van der Waals surface area contributed by atoms with E-state index in [1.807, 2.05) is 5.32 Å². The Morgan fingerprint density at radius 3 is 2.54 bits per heavy atom. The molecule has 0 bridgehead atoms. The van der Waals surface area contributed by atoms with Gasteiger partial charge in [-0.25, -0.2) is 13.6 Å². The lowest BCUT2D eigenvalue weighted by atomic mass is 10.2. The highest BCUT2D eigenvalue weighted by molar-refractivity contribution is 5.99. The van der Waals surface area contributed by atoms with Gasteiger partial charge in [-0.3, -0.25) is 9.59 Å². The largest absolute Gasteiger partial charge is 0.480 e. The third kappa shape index (κ3) is 4.51. The molecule has 0 saturated carbocycles. The zero-order valence-electron chi connectivity index (χ0n) is 12.4. The van der Waals surface area contributed by atoms with Gasteiger partial charge in [0.05, 0.1) is 6.54 Å². The minimum atomic E-state index is -2.87. The van der Waals surface area contributed by atoms with Gasteiger partial charge in [-0.2, -0.15) is 0 Å². The molecule has 0 aliphatic rings. The van der Waals surface area contributed by atoms with Gasteiger partial charge in [-0.1, -0.05) is 18.2 Å². The highest BCUT2D eigenvalue weighted by Gasteiger charge is 2.24. The van der Waals surface area contributed by atoms with Crippen molar-refractivity contribution in [2.24, 2.45) is 0 Å². The lowest BCUT2D eigenvalue weighted by molar-refractivity contribution is -0.142. The summed E-state index contributed by atoms with van der Waals surface area (Å²) in [6.07, 6.45) is -3.87. The van der Waals surface area contributed by atoms with E-state index in [1.165, 1.54) is 0 Å². The molecule has 0 aliphatic carbocycles. The van der Waals surface area contributed by atoms with Crippen molar-refractivity contribution < 1.29 is 28.3 Å². The standard InChI is InChI=1S/C15H15F2N3O4/c16-12(17)6-11(15(23)24)20-13(21)7-18-14(22)10-5-8-3-1-2-4-9(8)19-10/h1-5,11-12,19H,6-7H2,(H,18,22)(H,20,21)(H,23,24). The number of fused-ring (bicyclic) bond motifs is 1. The summed E-state index contributed by atoms with van der Waals surface area (Å²) < 4.78 is 24.5. The van der Waals surface area contributed by atoms with Crippen molar-refractivity contribution in [1.29, 1.82) is 0 Å². The Labute approximate surface area is 135 Å². The van der Waals surface area contributed by atoms with E-state index in [1.54, 1.807) is 30.3 Å². The number of para-hydroxylation sites is 1. The van der Waals surface area contributed by atoms with Gasteiger partial charge < -0.3 is 20.7 Å². The number of hydrogen-bond acceptors (Lipinski definition) is 3. The summed E-state index contributed by atoms with van der Waals surface area (Å²) in [4.78, 5) is 37.2. The molecule has 4 N–H and O–H groups in total. The Balaban J connectivity index is 1.90. The summed E-state index contributed by atoms with van der Waals surface area (Å²) in [7, 11) is 0. The molecule has 2 amide bonds. The van der Waals surface area contributed by atoms with Crippen LogP contribution >= 0.6 is 0 Å². The number of hydrogen-bond donors (Lipinski definition) is 4. The molecule has 0 radical (unpaired) electrons. The van der Waals surface area contributed by atoms with Crippen molar-refractivity contribution >= 4 is 28.7 Å². The fourth-order valence-electron chi connectivity index (χ4n) is 2.10. The minimum absolute atomic E-state index is 0.228. The van der Waals surface area contributed by atoms with Gasteiger partial charge in [-0.05, 0) is 12.1 Å². The Morgan fingerprint density at radius 2 is 1.92 bits per heavy atom. The maximum absolute atomic E-state index is 12.2. The maximum Gasteiger partial charge on any atom is 0.326 e. The number of alkyl halides is 2. The van der Waals surface area contributed by atoms with Crippen LogP contribution in [-0.4, -0.2) is 46.9 Å². The molecule has 1 aromatic carbocycles. The first-order valence-corrected chi connectivity index (χ1v) is 7.03. The summed E-state index contributed by atoms with van der Waals surface area (Å²) >= 11 is 0. The molecular weight excluding hydrogens is 324 g/mol. The molecule has 0 fully saturated rings. The zero-order chi connectivity index (χ0) is 17.7. The van der Waals surface area contributed by atoms with Crippen molar-refractivity contribution in [3.63, 3.8) is 0 Å². The van der Waals surface area contributed by atoms with Gasteiger partial charge in [0.2, 0.25) is 12.3 Å². The van der Waals surface area contributed by atoms with E-state index in [0.29, 0.717) is 0 Å². The van der Waals surface area contributed by atoms with Crippen LogP contribution < -0.4 is 10.6 Å². The average molecular weight is 339 g/mol. The Morgan fingerprint density at radius 1 is 1.21 bits per heavy atom. The van der Waals surface area contributed by atoms with Crippen LogP contribution in [0.3, 0.4) is 0 Å². The summed E-state index contributed by atoms with van der Waals surface area (Å²) in [6, 6.07) is 7.07. The van der Waals surface area contributed by atoms with Crippen LogP contribution in [0.2, 0.25) is 0 Å². The predicted molar refractivity (Wildman–Crippen MR) is 80.8 cm³/mol. The monoisotopic (exact) mass is 339 g/mol. The highest BCUT2D eigenvalue weighted by atomic mass is 19.3. The molecule has 0 saturated heterocycles. The number of aromatic amines is 1. The van der Waals surface area contributed by atoms with E-state index in [-0.39, 0.29) is 5.69 Å². The second kappa shape index (κ2) is 7.53. The summed E-state index contributed by atoms with van der Waals surface area (Å²) in [5.41, 5.74) is 0.973. The van der Waals surface area contributed by atoms with Crippen LogP contribution in [0.15, 0.2) is 30.3 Å². The Kier molecular flexibility index (Phi) is 5.46. The van der Waals surface area contributed by atoms with E-state index in [2.05, 4.69) is 10.3 Å². The van der Waals surface area contributed by atoms with Gasteiger partial charge in [0.15, 0.2) is 0 Å². The minimum Gasteiger partial charge on any atom is -0.480 e. The van der Waals surface area contributed by atoms with Gasteiger partial charge in [0.1, 0.15) is 11.7 Å². The lowest BCUT2D eigenvalue weighted by Crippen LogP contribution is -2.46. The molecule has 1 aromatic heterocycles. The van der Waals surface area contributed by atoms with Crippen LogP contribution in [0.1, 0.15) is 16.9 Å². The van der Waals surface area contributed by atoms with Crippen LogP contribution in [0, 0.1) is 0 Å². The van der Waals surface area contributed by atoms with E-state index >= 15 is 0 Å². The smallest absolute Gasteiger partial charge is 0.326 e. The second-order valence-corrected chi connectivity index (χ2v) is 5.04. The summed E-state index contributed by atoms with van der Waals surface area (Å²) in [5.74, 6) is -3.00. The molecule has 2 rings (SSSR count). The van der Waals surface area contributed by atoms with Crippen LogP contribution in [0.4, 0.5) is 8.78 Å². The van der Waals surface area contributed by atoms with E-state index in [0.717, 1.165) is 10.9 Å². The Bertz CT molecular complexity index is 727. The first-order valence-electron chi connectivity index (χ1n) is 7.03. The fraction of sp³-hybridized carbons (Fsp3) is 0.267. The summed E-state index contributed by atoms with van der Waals surface area (Å²) in [6.45, 7) is -0.527. The number of H-pyrrole nitrogens is 1. The van der Waals surface area contributed by atoms with Gasteiger partial charge in [0, 0.05) is 17.3 Å². The second-order valence-electron chi connectivity index (χ2n) is 5.04.